The van der Waals surface area contributed by atoms with Crippen LogP contribution in [0.4, 0.5) is 5.69 Å². The summed E-state index contributed by atoms with van der Waals surface area (Å²) in [5.74, 6) is -2.01. The number of phenols is 1. The molecule has 0 fully saturated rings. The number of hydrogen-bond donors (Lipinski definition) is 3. The van der Waals surface area contributed by atoms with Crippen LogP contribution >= 0.6 is 11.6 Å². The smallest absolute Gasteiger partial charge is 0.339 e. The van der Waals surface area contributed by atoms with Gasteiger partial charge < -0.3 is 10.2 Å². The van der Waals surface area contributed by atoms with E-state index >= 15 is 0 Å². The Morgan fingerprint density at radius 2 is 1.71 bits per heavy atom. The summed E-state index contributed by atoms with van der Waals surface area (Å²) in [6, 6.07) is 9.15. The number of sulfonamides is 1. The second-order valence-corrected chi connectivity index (χ2v) is 6.19. The Morgan fingerprint density at radius 1 is 1.10 bits per heavy atom. The molecule has 2 rings (SSSR count). The summed E-state index contributed by atoms with van der Waals surface area (Å²) in [5.41, 5.74) is -0.615. The Kier molecular flexibility index (Phi) is 4.06. The predicted molar refractivity (Wildman–Crippen MR) is 77.3 cm³/mol. The summed E-state index contributed by atoms with van der Waals surface area (Å²) in [6.07, 6.45) is 0. The number of benzene rings is 2. The molecule has 0 amide bonds. The fourth-order valence-corrected chi connectivity index (χ4v) is 2.81. The van der Waals surface area contributed by atoms with Crippen LogP contribution in [0.25, 0.3) is 0 Å². The number of carboxylic acid groups (broad SMARTS) is 1. The van der Waals surface area contributed by atoms with E-state index in [1.165, 1.54) is 36.4 Å². The van der Waals surface area contributed by atoms with Crippen molar-refractivity contribution in [3.63, 3.8) is 0 Å². The van der Waals surface area contributed by atoms with Crippen LogP contribution < -0.4 is 4.72 Å². The Morgan fingerprint density at radius 3 is 2.29 bits per heavy atom. The molecule has 0 radical (unpaired) electrons. The van der Waals surface area contributed by atoms with E-state index in [0.717, 1.165) is 6.07 Å². The standard InChI is InChI=1S/C13H10ClNO5S/c14-8-4-6-9(7-5-8)21(19,20)15-11-3-1-2-10(12(11)16)13(17)18/h1-7,15-16H,(H,17,18). The number of rotatable bonds is 4. The molecule has 0 heterocycles. The van der Waals surface area contributed by atoms with E-state index in [0.29, 0.717) is 5.02 Å². The third-order valence-electron chi connectivity index (χ3n) is 2.63. The lowest BCUT2D eigenvalue weighted by Gasteiger charge is -2.11. The summed E-state index contributed by atoms with van der Waals surface area (Å²) in [5, 5.41) is 19.0. The first-order valence-corrected chi connectivity index (χ1v) is 7.51. The van der Waals surface area contributed by atoms with E-state index in [1.54, 1.807) is 0 Å². The monoisotopic (exact) mass is 327 g/mol. The molecule has 0 spiro atoms. The molecule has 110 valence electrons. The molecule has 8 heteroatoms. The molecular formula is C13H10ClNO5S. The minimum atomic E-state index is -3.96. The fraction of sp³-hybridized carbons (Fsp3) is 0. The largest absolute Gasteiger partial charge is 0.505 e. The van der Waals surface area contributed by atoms with Crippen LogP contribution in [-0.4, -0.2) is 24.6 Å². The van der Waals surface area contributed by atoms with Crippen molar-refractivity contribution in [2.75, 3.05) is 4.72 Å². The van der Waals surface area contributed by atoms with Crippen molar-refractivity contribution in [2.24, 2.45) is 0 Å². The lowest BCUT2D eigenvalue weighted by atomic mass is 10.2. The Labute approximate surface area is 125 Å². The number of hydrogen-bond acceptors (Lipinski definition) is 4. The van der Waals surface area contributed by atoms with Gasteiger partial charge in [-0.2, -0.15) is 0 Å². The zero-order chi connectivity index (χ0) is 15.6. The first-order chi connectivity index (χ1) is 9.81. The molecule has 0 saturated carbocycles. The molecule has 2 aromatic rings. The van der Waals surface area contributed by atoms with Crippen molar-refractivity contribution in [3.05, 3.63) is 53.1 Å². The quantitative estimate of drug-likeness (QED) is 0.749. The van der Waals surface area contributed by atoms with Gasteiger partial charge in [-0.15, -0.1) is 0 Å². The summed E-state index contributed by atoms with van der Waals surface area (Å²) in [7, 11) is -3.96. The van der Waals surface area contributed by atoms with Gasteiger partial charge in [0, 0.05) is 5.02 Å². The second kappa shape index (κ2) is 5.63. The molecule has 0 unspecified atom stereocenters. The third-order valence-corrected chi connectivity index (χ3v) is 4.27. The number of carbonyl (C=O) groups is 1. The zero-order valence-electron chi connectivity index (χ0n) is 10.4. The lowest BCUT2D eigenvalue weighted by Crippen LogP contribution is -2.13. The molecule has 21 heavy (non-hydrogen) atoms. The number of aromatic hydroxyl groups is 1. The number of para-hydroxylation sites is 1. The van der Waals surface area contributed by atoms with Gasteiger partial charge in [-0.1, -0.05) is 17.7 Å². The van der Waals surface area contributed by atoms with Gasteiger partial charge in [0.15, 0.2) is 5.75 Å². The molecule has 0 aliphatic heterocycles. The van der Waals surface area contributed by atoms with E-state index in [4.69, 9.17) is 16.7 Å². The average Bonchev–Trinajstić information content (AvgIpc) is 2.41. The fourth-order valence-electron chi connectivity index (χ4n) is 1.62. The minimum absolute atomic E-state index is 0.0629. The molecule has 3 N–H and O–H groups in total. The lowest BCUT2D eigenvalue weighted by molar-refractivity contribution is 0.0694. The van der Waals surface area contributed by atoms with E-state index in [-0.39, 0.29) is 10.6 Å². The molecule has 0 aromatic heterocycles. The van der Waals surface area contributed by atoms with Gasteiger partial charge >= 0.3 is 5.97 Å². The van der Waals surface area contributed by atoms with Crippen LogP contribution in [0.2, 0.25) is 5.02 Å². The molecular weight excluding hydrogens is 318 g/mol. The van der Waals surface area contributed by atoms with Crippen LogP contribution in [0.5, 0.6) is 5.75 Å². The summed E-state index contributed by atoms with van der Waals surface area (Å²) in [6.45, 7) is 0. The Balaban J connectivity index is 2.39. The molecule has 0 aliphatic carbocycles. The first kappa shape index (κ1) is 15.1. The highest BCUT2D eigenvalue weighted by Gasteiger charge is 2.19. The van der Waals surface area contributed by atoms with Gasteiger partial charge in [-0.25, -0.2) is 13.2 Å². The van der Waals surface area contributed by atoms with Gasteiger partial charge in [0.2, 0.25) is 0 Å². The number of nitrogens with one attached hydrogen (secondary N) is 1. The predicted octanol–water partition coefficient (Wildman–Crippen LogP) is 2.54. The maximum Gasteiger partial charge on any atom is 0.339 e. The Hall–Kier alpha value is -2.25. The summed E-state index contributed by atoms with van der Waals surface area (Å²) < 4.78 is 26.4. The van der Waals surface area contributed by atoms with Crippen molar-refractivity contribution in [1.29, 1.82) is 0 Å². The normalized spacial score (nSPS) is 11.1. The van der Waals surface area contributed by atoms with Crippen LogP contribution in [0, 0.1) is 0 Å². The number of halogens is 1. The molecule has 0 saturated heterocycles. The summed E-state index contributed by atoms with van der Waals surface area (Å²) >= 11 is 5.68. The van der Waals surface area contributed by atoms with Crippen LogP contribution in [0.1, 0.15) is 10.4 Å². The van der Waals surface area contributed by atoms with Gasteiger partial charge in [-0.3, -0.25) is 4.72 Å². The van der Waals surface area contributed by atoms with Crippen molar-refractivity contribution >= 4 is 33.3 Å². The van der Waals surface area contributed by atoms with Crippen molar-refractivity contribution < 1.29 is 23.4 Å². The molecule has 0 atom stereocenters. The number of carboxylic acids is 1. The third kappa shape index (κ3) is 3.26. The number of aromatic carboxylic acids is 1. The Bertz CT molecular complexity index is 787. The highest BCUT2D eigenvalue weighted by Crippen LogP contribution is 2.29. The van der Waals surface area contributed by atoms with E-state index in [2.05, 4.69) is 4.72 Å². The van der Waals surface area contributed by atoms with Gasteiger partial charge in [0.25, 0.3) is 10.0 Å². The topological polar surface area (TPSA) is 104 Å². The average molecular weight is 328 g/mol. The maximum atomic E-state index is 12.1. The molecule has 0 bridgehead atoms. The van der Waals surface area contributed by atoms with Gasteiger partial charge in [0.05, 0.1) is 10.6 Å². The van der Waals surface area contributed by atoms with Crippen LogP contribution in [-0.2, 0) is 10.0 Å². The van der Waals surface area contributed by atoms with Gasteiger partial charge in [0.1, 0.15) is 5.56 Å². The maximum absolute atomic E-state index is 12.1. The van der Waals surface area contributed by atoms with Crippen LogP contribution in [0.15, 0.2) is 47.4 Å². The minimum Gasteiger partial charge on any atom is -0.505 e. The zero-order valence-corrected chi connectivity index (χ0v) is 12.0. The van der Waals surface area contributed by atoms with Crippen LogP contribution in [0.3, 0.4) is 0 Å². The summed E-state index contributed by atoms with van der Waals surface area (Å²) in [4.78, 5) is 10.8. The SMILES string of the molecule is O=C(O)c1cccc(NS(=O)(=O)c2ccc(Cl)cc2)c1O. The van der Waals surface area contributed by atoms with Gasteiger partial charge in [-0.05, 0) is 36.4 Å². The van der Waals surface area contributed by atoms with Crippen molar-refractivity contribution in [3.8, 4) is 5.75 Å². The highest BCUT2D eigenvalue weighted by atomic mass is 35.5. The molecule has 0 aliphatic rings. The second-order valence-electron chi connectivity index (χ2n) is 4.07. The molecule has 2 aromatic carbocycles. The number of anilines is 1. The van der Waals surface area contributed by atoms with Crippen molar-refractivity contribution in [1.82, 2.24) is 0 Å². The van der Waals surface area contributed by atoms with E-state index < -0.39 is 27.3 Å². The van der Waals surface area contributed by atoms with E-state index in [9.17, 15) is 18.3 Å². The molecule has 6 nitrogen and oxygen atoms in total. The first-order valence-electron chi connectivity index (χ1n) is 5.65. The van der Waals surface area contributed by atoms with Crippen molar-refractivity contribution in [2.45, 2.75) is 4.90 Å². The van der Waals surface area contributed by atoms with E-state index in [1.807, 2.05) is 0 Å². The highest BCUT2D eigenvalue weighted by molar-refractivity contribution is 7.92.